The molecule has 1 amide bonds. The molecule has 6 nitrogen and oxygen atoms in total. The summed E-state index contributed by atoms with van der Waals surface area (Å²) in [5, 5.41) is 2.91. The molecule has 0 aliphatic rings. The Bertz CT molecular complexity index is 1100. The summed E-state index contributed by atoms with van der Waals surface area (Å²) in [6.07, 6.45) is 3.35. The van der Waals surface area contributed by atoms with E-state index in [4.69, 9.17) is 9.15 Å². The van der Waals surface area contributed by atoms with Gasteiger partial charge in [0.25, 0.3) is 5.91 Å². The van der Waals surface area contributed by atoms with Crippen LogP contribution in [-0.4, -0.2) is 22.0 Å². The predicted octanol–water partition coefficient (Wildman–Crippen LogP) is 4.93. The molecule has 1 N–H and O–H groups in total. The Balaban J connectivity index is 1.55. The first-order valence-corrected chi connectivity index (χ1v) is 8.97. The molecule has 2 heterocycles. The fraction of sp³-hybridized carbons (Fsp3) is 0.136. The summed E-state index contributed by atoms with van der Waals surface area (Å²) >= 11 is 0. The van der Waals surface area contributed by atoms with Gasteiger partial charge < -0.3 is 14.5 Å². The van der Waals surface area contributed by atoms with Gasteiger partial charge in [-0.3, -0.25) is 9.78 Å². The zero-order valence-corrected chi connectivity index (χ0v) is 15.5. The third-order valence-electron chi connectivity index (χ3n) is 4.03. The predicted molar refractivity (Wildman–Crippen MR) is 107 cm³/mol. The van der Waals surface area contributed by atoms with Crippen LogP contribution in [0, 0.1) is 0 Å². The van der Waals surface area contributed by atoms with Crippen LogP contribution in [0.25, 0.3) is 22.6 Å². The van der Waals surface area contributed by atoms with Crippen molar-refractivity contribution >= 4 is 22.7 Å². The van der Waals surface area contributed by atoms with Gasteiger partial charge in [0.05, 0.1) is 12.3 Å². The smallest absolute Gasteiger partial charge is 0.255 e. The van der Waals surface area contributed by atoms with E-state index in [1.165, 1.54) is 0 Å². The molecule has 0 unspecified atom stereocenters. The Morgan fingerprint density at radius 1 is 1.11 bits per heavy atom. The van der Waals surface area contributed by atoms with Gasteiger partial charge in [0.1, 0.15) is 11.3 Å². The maximum absolute atomic E-state index is 12.6. The van der Waals surface area contributed by atoms with Crippen molar-refractivity contribution in [2.45, 2.75) is 20.0 Å². The summed E-state index contributed by atoms with van der Waals surface area (Å²) in [4.78, 5) is 21.1. The Morgan fingerprint density at radius 3 is 2.79 bits per heavy atom. The average Bonchev–Trinajstić information content (AvgIpc) is 3.12. The molecule has 0 bridgehead atoms. The van der Waals surface area contributed by atoms with E-state index in [0.717, 1.165) is 5.56 Å². The number of carbonyl (C=O) groups is 1. The van der Waals surface area contributed by atoms with Crippen LogP contribution in [0.1, 0.15) is 24.2 Å². The first-order chi connectivity index (χ1) is 13.6. The van der Waals surface area contributed by atoms with Gasteiger partial charge in [-0.05, 0) is 50.2 Å². The summed E-state index contributed by atoms with van der Waals surface area (Å²) < 4.78 is 11.4. The Kier molecular flexibility index (Phi) is 4.76. The molecule has 4 aromatic rings. The van der Waals surface area contributed by atoms with E-state index in [1.807, 2.05) is 44.2 Å². The number of hydrogen-bond acceptors (Lipinski definition) is 5. The summed E-state index contributed by atoms with van der Waals surface area (Å²) in [5.74, 6) is 0.927. The molecule has 0 saturated carbocycles. The van der Waals surface area contributed by atoms with Crippen LogP contribution in [0.5, 0.6) is 5.75 Å². The number of benzene rings is 2. The van der Waals surface area contributed by atoms with Crippen molar-refractivity contribution < 1.29 is 13.9 Å². The van der Waals surface area contributed by atoms with Crippen molar-refractivity contribution in [2.75, 3.05) is 5.32 Å². The molecule has 140 valence electrons. The number of nitrogens with zero attached hydrogens (tertiary/aromatic N) is 2. The quantitative estimate of drug-likeness (QED) is 0.537. The number of pyridine rings is 1. The van der Waals surface area contributed by atoms with Crippen molar-refractivity contribution in [3.63, 3.8) is 0 Å². The molecule has 0 aliphatic heterocycles. The lowest BCUT2D eigenvalue weighted by Crippen LogP contribution is -2.12. The number of nitrogens with one attached hydrogen (secondary N) is 1. The summed E-state index contributed by atoms with van der Waals surface area (Å²) in [7, 11) is 0. The molecule has 28 heavy (non-hydrogen) atoms. The van der Waals surface area contributed by atoms with Crippen molar-refractivity contribution in [3.8, 4) is 17.2 Å². The highest BCUT2D eigenvalue weighted by molar-refractivity contribution is 6.04. The zero-order chi connectivity index (χ0) is 19.5. The van der Waals surface area contributed by atoms with Crippen LogP contribution in [0.15, 0.2) is 71.4 Å². The topological polar surface area (TPSA) is 77.2 Å². The number of carbonyl (C=O) groups excluding carboxylic acids is 1. The Hall–Kier alpha value is -3.67. The van der Waals surface area contributed by atoms with Crippen molar-refractivity contribution in [3.05, 3.63) is 72.6 Å². The van der Waals surface area contributed by atoms with Crippen molar-refractivity contribution in [1.82, 2.24) is 9.97 Å². The molecule has 0 spiro atoms. The Morgan fingerprint density at radius 2 is 1.96 bits per heavy atom. The molecule has 4 rings (SSSR count). The molecule has 0 fully saturated rings. The molecule has 0 atom stereocenters. The van der Waals surface area contributed by atoms with Gasteiger partial charge in [-0.25, -0.2) is 4.98 Å². The van der Waals surface area contributed by atoms with E-state index in [9.17, 15) is 4.79 Å². The second-order valence-electron chi connectivity index (χ2n) is 6.59. The first-order valence-electron chi connectivity index (χ1n) is 8.97. The number of ether oxygens (including phenoxy) is 1. The van der Waals surface area contributed by atoms with Crippen LogP contribution in [0.4, 0.5) is 5.69 Å². The lowest BCUT2D eigenvalue weighted by molar-refractivity contribution is 0.102. The van der Waals surface area contributed by atoms with Crippen molar-refractivity contribution in [2.24, 2.45) is 0 Å². The van der Waals surface area contributed by atoms with Gasteiger partial charge in [-0.1, -0.05) is 12.1 Å². The Labute approximate surface area is 162 Å². The third-order valence-corrected chi connectivity index (χ3v) is 4.03. The highest BCUT2D eigenvalue weighted by Crippen LogP contribution is 2.26. The second kappa shape index (κ2) is 7.52. The third kappa shape index (κ3) is 3.86. The second-order valence-corrected chi connectivity index (χ2v) is 6.59. The van der Waals surface area contributed by atoms with Crippen LogP contribution in [0.2, 0.25) is 0 Å². The standard InChI is InChI=1S/C22H19N3O3/c1-14(2)27-18-8-4-5-15(12-18)21(26)24-17-7-3-6-16(11-17)22-25-19-13-23-10-9-20(19)28-22/h3-14H,1-2H3,(H,24,26). The van der Waals surface area contributed by atoms with E-state index >= 15 is 0 Å². The minimum Gasteiger partial charge on any atom is -0.491 e. The largest absolute Gasteiger partial charge is 0.491 e. The van der Waals surface area contributed by atoms with E-state index in [2.05, 4.69) is 15.3 Å². The van der Waals surface area contributed by atoms with Crippen LogP contribution in [0.3, 0.4) is 0 Å². The fourth-order valence-electron chi connectivity index (χ4n) is 2.82. The number of oxazole rings is 1. The number of fused-ring (bicyclic) bond motifs is 1. The summed E-state index contributed by atoms with van der Waals surface area (Å²) in [5.41, 5.74) is 3.30. The van der Waals surface area contributed by atoms with E-state index in [0.29, 0.717) is 34.0 Å². The molecular formula is C22H19N3O3. The minimum atomic E-state index is -0.215. The normalized spacial score (nSPS) is 11.0. The highest BCUT2D eigenvalue weighted by atomic mass is 16.5. The molecule has 0 aliphatic carbocycles. The maximum atomic E-state index is 12.6. The van der Waals surface area contributed by atoms with E-state index in [-0.39, 0.29) is 12.0 Å². The number of hydrogen-bond donors (Lipinski definition) is 1. The van der Waals surface area contributed by atoms with Gasteiger partial charge in [0, 0.05) is 29.1 Å². The molecule has 2 aromatic carbocycles. The first kappa shape index (κ1) is 17.7. The number of anilines is 1. The lowest BCUT2D eigenvalue weighted by Gasteiger charge is -2.11. The average molecular weight is 373 g/mol. The number of amides is 1. The van der Waals surface area contributed by atoms with Gasteiger partial charge in [-0.15, -0.1) is 0 Å². The summed E-state index contributed by atoms with van der Waals surface area (Å²) in [6, 6.07) is 16.2. The van der Waals surface area contributed by atoms with Crippen LogP contribution >= 0.6 is 0 Å². The molecule has 0 radical (unpaired) electrons. The van der Waals surface area contributed by atoms with E-state index in [1.54, 1.807) is 36.7 Å². The monoisotopic (exact) mass is 373 g/mol. The highest BCUT2D eigenvalue weighted by Gasteiger charge is 2.11. The van der Waals surface area contributed by atoms with E-state index < -0.39 is 0 Å². The molecule has 6 heteroatoms. The van der Waals surface area contributed by atoms with Crippen LogP contribution in [-0.2, 0) is 0 Å². The van der Waals surface area contributed by atoms with Gasteiger partial charge in [0.2, 0.25) is 5.89 Å². The zero-order valence-electron chi connectivity index (χ0n) is 15.5. The van der Waals surface area contributed by atoms with Crippen molar-refractivity contribution in [1.29, 1.82) is 0 Å². The minimum absolute atomic E-state index is 0.0431. The number of rotatable bonds is 5. The van der Waals surface area contributed by atoms with Gasteiger partial charge >= 0.3 is 0 Å². The number of aromatic nitrogens is 2. The molecule has 2 aromatic heterocycles. The van der Waals surface area contributed by atoms with Gasteiger partial charge in [0.15, 0.2) is 5.58 Å². The maximum Gasteiger partial charge on any atom is 0.255 e. The SMILES string of the molecule is CC(C)Oc1cccc(C(=O)Nc2cccc(-c3nc4cnccc4o3)c2)c1. The molecule has 0 saturated heterocycles. The molecular weight excluding hydrogens is 354 g/mol. The lowest BCUT2D eigenvalue weighted by atomic mass is 10.1. The fourth-order valence-corrected chi connectivity index (χ4v) is 2.82. The summed E-state index contributed by atoms with van der Waals surface area (Å²) in [6.45, 7) is 3.89. The van der Waals surface area contributed by atoms with Crippen LogP contribution < -0.4 is 10.1 Å². The van der Waals surface area contributed by atoms with Gasteiger partial charge in [-0.2, -0.15) is 0 Å².